The van der Waals surface area contributed by atoms with E-state index in [2.05, 4.69) is 5.32 Å². The molecule has 1 aromatic carbocycles. The Bertz CT molecular complexity index is 554. The van der Waals surface area contributed by atoms with Crippen molar-refractivity contribution in [3.05, 3.63) is 29.0 Å². The SMILES string of the molecule is C[C@@H]1OCC[C@H]1N[C@@H]1CCN(c2ccc(F)c(Cl)c2)C1=O. The summed E-state index contributed by atoms with van der Waals surface area (Å²) in [6, 6.07) is 4.39. The highest BCUT2D eigenvalue weighted by Crippen LogP contribution is 2.27. The van der Waals surface area contributed by atoms with Gasteiger partial charge in [-0.2, -0.15) is 0 Å². The molecule has 0 aliphatic carbocycles. The number of halogens is 2. The van der Waals surface area contributed by atoms with Gasteiger partial charge in [0.25, 0.3) is 0 Å². The van der Waals surface area contributed by atoms with Crippen molar-refractivity contribution in [2.45, 2.75) is 38.0 Å². The maximum atomic E-state index is 13.2. The predicted molar refractivity (Wildman–Crippen MR) is 79.1 cm³/mol. The molecular formula is C15H18ClFN2O2. The Morgan fingerprint density at radius 2 is 2.24 bits per heavy atom. The Balaban J connectivity index is 1.69. The lowest BCUT2D eigenvalue weighted by Gasteiger charge is -2.21. The molecule has 0 radical (unpaired) electrons. The smallest absolute Gasteiger partial charge is 0.244 e. The Kier molecular flexibility index (Phi) is 4.15. The first-order valence-electron chi connectivity index (χ1n) is 7.20. The van der Waals surface area contributed by atoms with Crippen molar-refractivity contribution in [1.29, 1.82) is 0 Å². The molecule has 0 bridgehead atoms. The molecule has 3 atom stereocenters. The molecule has 0 unspecified atom stereocenters. The van der Waals surface area contributed by atoms with E-state index in [1.165, 1.54) is 12.1 Å². The van der Waals surface area contributed by atoms with Gasteiger partial charge in [0, 0.05) is 24.9 Å². The van der Waals surface area contributed by atoms with Gasteiger partial charge in [-0.15, -0.1) is 0 Å². The number of nitrogens with zero attached hydrogens (tertiary/aromatic N) is 1. The number of hydrogen-bond acceptors (Lipinski definition) is 3. The maximum Gasteiger partial charge on any atom is 0.244 e. The van der Waals surface area contributed by atoms with Crippen molar-refractivity contribution in [1.82, 2.24) is 5.32 Å². The van der Waals surface area contributed by atoms with E-state index in [1.807, 2.05) is 6.92 Å². The minimum Gasteiger partial charge on any atom is -0.377 e. The number of carbonyl (C=O) groups excluding carboxylic acids is 1. The second-order valence-electron chi connectivity index (χ2n) is 5.57. The monoisotopic (exact) mass is 312 g/mol. The molecule has 3 rings (SSSR count). The summed E-state index contributed by atoms with van der Waals surface area (Å²) in [4.78, 5) is 14.1. The molecule has 114 valence electrons. The molecule has 2 aliphatic rings. The molecule has 0 aromatic heterocycles. The third kappa shape index (κ3) is 2.91. The van der Waals surface area contributed by atoms with Crippen LogP contribution >= 0.6 is 11.6 Å². The highest BCUT2D eigenvalue weighted by molar-refractivity contribution is 6.31. The largest absolute Gasteiger partial charge is 0.377 e. The van der Waals surface area contributed by atoms with Gasteiger partial charge in [0.2, 0.25) is 5.91 Å². The van der Waals surface area contributed by atoms with Gasteiger partial charge >= 0.3 is 0 Å². The summed E-state index contributed by atoms with van der Waals surface area (Å²) in [5.41, 5.74) is 0.645. The molecule has 4 nitrogen and oxygen atoms in total. The first-order valence-corrected chi connectivity index (χ1v) is 7.58. The molecule has 0 spiro atoms. The van der Waals surface area contributed by atoms with Crippen LogP contribution in [-0.4, -0.2) is 37.2 Å². The van der Waals surface area contributed by atoms with Crippen molar-refractivity contribution >= 4 is 23.2 Å². The fourth-order valence-corrected chi connectivity index (χ4v) is 3.13. The van der Waals surface area contributed by atoms with Crippen molar-refractivity contribution in [3.8, 4) is 0 Å². The van der Waals surface area contributed by atoms with Crippen LogP contribution in [0.4, 0.5) is 10.1 Å². The summed E-state index contributed by atoms with van der Waals surface area (Å²) in [6.45, 7) is 3.36. The molecule has 21 heavy (non-hydrogen) atoms. The molecule has 1 amide bonds. The Hall–Kier alpha value is -1.17. The van der Waals surface area contributed by atoms with E-state index in [1.54, 1.807) is 11.0 Å². The van der Waals surface area contributed by atoms with E-state index in [9.17, 15) is 9.18 Å². The quantitative estimate of drug-likeness (QED) is 0.931. The summed E-state index contributed by atoms with van der Waals surface area (Å²) in [7, 11) is 0. The zero-order chi connectivity index (χ0) is 15.0. The number of nitrogens with one attached hydrogen (secondary N) is 1. The van der Waals surface area contributed by atoms with Gasteiger partial charge in [-0.05, 0) is 38.0 Å². The summed E-state index contributed by atoms with van der Waals surface area (Å²) in [6.07, 6.45) is 1.79. The van der Waals surface area contributed by atoms with E-state index in [0.717, 1.165) is 19.4 Å². The summed E-state index contributed by atoms with van der Waals surface area (Å²) >= 11 is 5.79. The van der Waals surface area contributed by atoms with Crippen LogP contribution in [0.25, 0.3) is 0 Å². The van der Waals surface area contributed by atoms with Gasteiger partial charge in [0.1, 0.15) is 5.82 Å². The summed E-state index contributed by atoms with van der Waals surface area (Å²) < 4.78 is 18.7. The predicted octanol–water partition coefficient (Wildman–Crippen LogP) is 2.35. The van der Waals surface area contributed by atoms with Crippen LogP contribution in [0.3, 0.4) is 0 Å². The third-order valence-corrected chi connectivity index (χ3v) is 4.50. The summed E-state index contributed by atoms with van der Waals surface area (Å²) in [5, 5.41) is 3.42. The molecule has 2 aliphatic heterocycles. The van der Waals surface area contributed by atoms with E-state index < -0.39 is 5.82 Å². The average Bonchev–Trinajstić information content (AvgIpc) is 3.02. The van der Waals surface area contributed by atoms with Crippen LogP contribution in [0.2, 0.25) is 5.02 Å². The second kappa shape index (κ2) is 5.91. The number of hydrogen-bond donors (Lipinski definition) is 1. The highest BCUT2D eigenvalue weighted by Gasteiger charge is 2.36. The Labute approximate surface area is 128 Å². The molecule has 2 fully saturated rings. The van der Waals surface area contributed by atoms with E-state index in [0.29, 0.717) is 12.2 Å². The van der Waals surface area contributed by atoms with Crippen LogP contribution in [0.1, 0.15) is 19.8 Å². The minimum absolute atomic E-state index is 0.0109. The number of anilines is 1. The molecule has 1 N–H and O–H groups in total. The van der Waals surface area contributed by atoms with Gasteiger partial charge < -0.3 is 15.0 Å². The fourth-order valence-electron chi connectivity index (χ4n) is 2.95. The van der Waals surface area contributed by atoms with Crippen LogP contribution in [0.15, 0.2) is 18.2 Å². The van der Waals surface area contributed by atoms with Gasteiger partial charge in [0.15, 0.2) is 0 Å². The Morgan fingerprint density at radius 1 is 1.43 bits per heavy atom. The molecule has 6 heteroatoms. The molecule has 1 aromatic rings. The number of rotatable bonds is 3. The molecule has 2 heterocycles. The van der Waals surface area contributed by atoms with Crippen LogP contribution in [0.5, 0.6) is 0 Å². The zero-order valence-corrected chi connectivity index (χ0v) is 12.6. The first-order chi connectivity index (χ1) is 10.1. The van der Waals surface area contributed by atoms with E-state index >= 15 is 0 Å². The van der Waals surface area contributed by atoms with Gasteiger partial charge in [0.05, 0.1) is 17.2 Å². The second-order valence-corrected chi connectivity index (χ2v) is 5.97. The first kappa shape index (κ1) is 14.8. The van der Waals surface area contributed by atoms with E-state index in [4.69, 9.17) is 16.3 Å². The van der Waals surface area contributed by atoms with Gasteiger partial charge in [-0.25, -0.2) is 4.39 Å². The number of benzene rings is 1. The Morgan fingerprint density at radius 3 is 2.90 bits per heavy atom. The highest BCUT2D eigenvalue weighted by atomic mass is 35.5. The number of ether oxygens (including phenoxy) is 1. The van der Waals surface area contributed by atoms with Crippen molar-refractivity contribution in [2.75, 3.05) is 18.1 Å². The minimum atomic E-state index is -0.473. The normalized spacial score (nSPS) is 29.4. The van der Waals surface area contributed by atoms with Crippen LogP contribution in [0, 0.1) is 5.82 Å². The molecule has 2 saturated heterocycles. The third-order valence-electron chi connectivity index (χ3n) is 4.21. The van der Waals surface area contributed by atoms with Gasteiger partial charge in [-0.1, -0.05) is 11.6 Å². The lowest BCUT2D eigenvalue weighted by atomic mass is 10.1. The standard InChI is InChI=1S/C15H18ClFN2O2/c1-9-13(5-7-21-9)18-14-4-6-19(15(14)20)10-2-3-12(17)11(16)8-10/h2-3,8-9,13-14,18H,4-7H2,1H3/t9-,13+,14+/m0/s1. The number of amides is 1. The molecule has 0 saturated carbocycles. The van der Waals surface area contributed by atoms with Crippen molar-refractivity contribution in [2.24, 2.45) is 0 Å². The summed E-state index contributed by atoms with van der Waals surface area (Å²) in [5.74, 6) is -0.463. The maximum absolute atomic E-state index is 13.2. The van der Waals surface area contributed by atoms with Crippen molar-refractivity contribution < 1.29 is 13.9 Å². The lowest BCUT2D eigenvalue weighted by Crippen LogP contribution is -2.46. The topological polar surface area (TPSA) is 41.6 Å². The van der Waals surface area contributed by atoms with Gasteiger partial charge in [-0.3, -0.25) is 4.79 Å². The fraction of sp³-hybridized carbons (Fsp3) is 0.533. The lowest BCUT2D eigenvalue weighted by molar-refractivity contribution is -0.119. The van der Waals surface area contributed by atoms with Crippen LogP contribution in [-0.2, 0) is 9.53 Å². The molecular weight excluding hydrogens is 295 g/mol. The van der Waals surface area contributed by atoms with Crippen LogP contribution < -0.4 is 10.2 Å². The van der Waals surface area contributed by atoms with E-state index in [-0.39, 0.29) is 29.1 Å². The van der Waals surface area contributed by atoms with Crippen molar-refractivity contribution in [3.63, 3.8) is 0 Å². The average molecular weight is 313 g/mol. The zero-order valence-electron chi connectivity index (χ0n) is 11.8. The number of carbonyl (C=O) groups is 1.